The Morgan fingerprint density at radius 2 is 0.597 bits per heavy atom. The molecule has 0 aliphatic heterocycles. The first-order valence-electron chi connectivity index (χ1n) is 20.6. The molecule has 62 heavy (non-hydrogen) atoms. The summed E-state index contributed by atoms with van der Waals surface area (Å²) in [5, 5.41) is 7.04. The monoisotopic (exact) mass is 806 g/mol. The number of hydrogen-bond acceptors (Lipinski definition) is 6. The highest BCUT2D eigenvalue weighted by Crippen LogP contribution is 2.38. The van der Waals surface area contributed by atoms with Crippen molar-refractivity contribution in [3.05, 3.63) is 252 Å². The molecule has 0 saturated carbocycles. The van der Waals surface area contributed by atoms with Crippen molar-refractivity contribution in [3.8, 4) is 0 Å². The smallest absolute Gasteiger partial charge is 0.152 e. The number of nitrogens with one attached hydrogen (secondary N) is 2. The van der Waals surface area contributed by atoms with Crippen molar-refractivity contribution in [2.24, 2.45) is 0 Å². The Morgan fingerprint density at radius 3 is 0.887 bits per heavy atom. The lowest BCUT2D eigenvalue weighted by Crippen LogP contribution is -2.13. The van der Waals surface area contributed by atoms with Crippen molar-refractivity contribution >= 4 is 69.5 Å². The third-order valence-electron chi connectivity index (χ3n) is 10.6. The number of benzene rings is 8. The van der Waals surface area contributed by atoms with Crippen molar-refractivity contribution in [3.63, 3.8) is 0 Å². The fourth-order valence-corrected chi connectivity index (χ4v) is 7.43. The van der Waals surface area contributed by atoms with Crippen LogP contribution < -0.4 is 20.4 Å². The van der Waals surface area contributed by atoms with E-state index in [1.54, 1.807) is 0 Å². The van der Waals surface area contributed by atoms with E-state index >= 15 is 0 Å². The highest BCUT2D eigenvalue weighted by Gasteiger charge is 2.22. The maximum atomic E-state index is 13.6. The van der Waals surface area contributed by atoms with Crippen molar-refractivity contribution in [1.29, 1.82) is 0 Å². The maximum absolute atomic E-state index is 13.6. The molecule has 6 nitrogen and oxygen atoms in total. The molecule has 0 heterocycles. The number of aryl methyl sites for hydroxylation is 2. The van der Waals surface area contributed by atoms with Crippen molar-refractivity contribution < 1.29 is 9.59 Å². The van der Waals surface area contributed by atoms with E-state index in [0.29, 0.717) is 11.4 Å². The van der Waals surface area contributed by atoms with Gasteiger partial charge in [-0.1, -0.05) is 132 Å². The number of carbonyl (C=O) groups excluding carboxylic acids is 2. The van der Waals surface area contributed by atoms with Crippen LogP contribution in [-0.4, -0.2) is 12.6 Å². The molecule has 0 unspecified atom stereocenters. The lowest BCUT2D eigenvalue weighted by molar-refractivity contribution is -0.107. The number of anilines is 8. The first-order valence-corrected chi connectivity index (χ1v) is 20.6. The average Bonchev–Trinajstić information content (AvgIpc) is 3.33. The highest BCUT2D eigenvalue weighted by molar-refractivity contribution is 6.10. The van der Waals surface area contributed by atoms with Gasteiger partial charge < -0.3 is 20.4 Å². The number of para-hydroxylation sites is 4. The van der Waals surface area contributed by atoms with Gasteiger partial charge in [-0.2, -0.15) is 0 Å². The molecule has 0 atom stereocenters. The largest absolute Gasteiger partial charge is 0.354 e. The molecule has 0 aliphatic carbocycles. The van der Waals surface area contributed by atoms with Crippen LogP contribution in [-0.2, 0) is 9.59 Å². The summed E-state index contributed by atoms with van der Waals surface area (Å²) >= 11 is 0. The van der Waals surface area contributed by atoms with Gasteiger partial charge >= 0.3 is 0 Å². The van der Waals surface area contributed by atoms with Crippen LogP contribution in [0.3, 0.4) is 0 Å². The Bertz CT molecular complexity index is 2590. The fraction of sp³-hybridized carbons (Fsp3) is 0.0357. The molecular formula is C56H46N4O2. The molecule has 8 aromatic rings. The van der Waals surface area contributed by atoms with Crippen LogP contribution in [0.2, 0.25) is 0 Å². The van der Waals surface area contributed by atoms with E-state index < -0.39 is 0 Å². The summed E-state index contributed by atoms with van der Waals surface area (Å²) in [6.45, 7) is 4.15. The molecule has 8 aromatic carbocycles. The number of carbonyl (C=O) groups is 2. The third-order valence-corrected chi connectivity index (χ3v) is 10.6. The van der Waals surface area contributed by atoms with Crippen LogP contribution in [0.4, 0.5) is 45.5 Å². The molecule has 0 aromatic heterocycles. The minimum atomic E-state index is 0.197. The lowest BCUT2D eigenvalue weighted by atomic mass is 9.95. The van der Waals surface area contributed by atoms with E-state index in [-0.39, 0.29) is 11.1 Å². The van der Waals surface area contributed by atoms with E-state index in [2.05, 4.69) is 107 Å². The second-order valence-corrected chi connectivity index (χ2v) is 14.9. The van der Waals surface area contributed by atoms with Gasteiger partial charge in [0.15, 0.2) is 12.6 Å². The first-order chi connectivity index (χ1) is 30.5. The van der Waals surface area contributed by atoms with Gasteiger partial charge in [0.05, 0.1) is 22.5 Å². The number of rotatable bonds is 15. The molecule has 0 spiro atoms. The van der Waals surface area contributed by atoms with Gasteiger partial charge in [0.2, 0.25) is 0 Å². The quantitative estimate of drug-likeness (QED) is 0.0611. The first kappa shape index (κ1) is 40.6. The molecule has 0 aliphatic rings. The summed E-state index contributed by atoms with van der Waals surface area (Å²) in [4.78, 5) is 31.6. The van der Waals surface area contributed by atoms with Crippen LogP contribution in [0.1, 0.15) is 22.3 Å². The molecule has 2 N–H and O–H groups in total. The summed E-state index contributed by atoms with van der Waals surface area (Å²) in [5.74, 6) is 0. The fourth-order valence-electron chi connectivity index (χ4n) is 7.43. The molecule has 0 radical (unpaired) electrons. The van der Waals surface area contributed by atoms with Crippen LogP contribution in [0.15, 0.2) is 230 Å². The molecule has 0 fully saturated rings. The Balaban J connectivity index is 1.27. The van der Waals surface area contributed by atoms with Gasteiger partial charge in [-0.05, 0) is 122 Å². The molecular weight excluding hydrogens is 761 g/mol. The number of allylic oxidation sites excluding steroid dienone is 2. The Kier molecular flexibility index (Phi) is 12.6. The van der Waals surface area contributed by atoms with Gasteiger partial charge in [0.25, 0.3) is 0 Å². The van der Waals surface area contributed by atoms with Crippen LogP contribution >= 0.6 is 0 Å². The van der Waals surface area contributed by atoms with Crippen molar-refractivity contribution in [2.45, 2.75) is 13.8 Å². The van der Waals surface area contributed by atoms with Crippen molar-refractivity contribution in [2.75, 3.05) is 20.4 Å². The molecule has 8 rings (SSSR count). The van der Waals surface area contributed by atoms with Gasteiger partial charge in [0, 0.05) is 45.5 Å². The summed E-state index contributed by atoms with van der Waals surface area (Å²) in [7, 11) is 0. The minimum absolute atomic E-state index is 0.197. The molecule has 0 amide bonds. The SMILES string of the molecule is Cc1ccc(N(c2ccccc2)c2ccc(/C(Nc3ccccc3)=C(C=O)/C(C=O)=C(\Nc3ccccc3)c3ccc(N(c4ccccc4)c4ccc(C)cc4)cc3)cc2)cc1. The third kappa shape index (κ3) is 9.31. The Hall–Kier alpha value is -8.22. The van der Waals surface area contributed by atoms with Gasteiger partial charge in [-0.15, -0.1) is 0 Å². The van der Waals surface area contributed by atoms with E-state index in [1.807, 2.05) is 146 Å². The number of aldehydes is 2. The topological polar surface area (TPSA) is 64.7 Å². The predicted molar refractivity (Wildman–Crippen MR) is 258 cm³/mol. The van der Waals surface area contributed by atoms with E-state index in [9.17, 15) is 9.59 Å². The van der Waals surface area contributed by atoms with Gasteiger partial charge in [-0.25, -0.2) is 0 Å². The number of hydrogen-bond donors (Lipinski definition) is 2. The Morgan fingerprint density at radius 1 is 0.339 bits per heavy atom. The maximum Gasteiger partial charge on any atom is 0.152 e. The van der Waals surface area contributed by atoms with Gasteiger partial charge in [-0.3, -0.25) is 9.59 Å². The second-order valence-electron chi connectivity index (χ2n) is 14.9. The highest BCUT2D eigenvalue weighted by atomic mass is 16.1. The zero-order valence-corrected chi connectivity index (χ0v) is 34.7. The lowest BCUT2D eigenvalue weighted by Gasteiger charge is -2.26. The van der Waals surface area contributed by atoms with E-state index in [1.165, 1.54) is 11.1 Å². The van der Waals surface area contributed by atoms with Crippen LogP contribution in [0.5, 0.6) is 0 Å². The summed E-state index contributed by atoms with van der Waals surface area (Å²) in [6, 6.07) is 72.7. The van der Waals surface area contributed by atoms with Crippen molar-refractivity contribution in [1.82, 2.24) is 0 Å². The number of nitrogens with zero attached hydrogens (tertiary/aromatic N) is 2. The summed E-state index contributed by atoms with van der Waals surface area (Å²) < 4.78 is 0. The normalized spacial score (nSPS) is 11.7. The molecule has 0 bridgehead atoms. The zero-order valence-electron chi connectivity index (χ0n) is 34.7. The zero-order chi connectivity index (χ0) is 42.7. The molecule has 0 saturated heterocycles. The summed E-state index contributed by atoms with van der Waals surface area (Å²) in [5.41, 5.74) is 12.6. The minimum Gasteiger partial charge on any atom is -0.354 e. The Labute approximate surface area is 363 Å². The van der Waals surface area contributed by atoms with E-state index in [0.717, 1.165) is 69.2 Å². The molecule has 302 valence electrons. The van der Waals surface area contributed by atoms with Crippen LogP contribution in [0.25, 0.3) is 11.4 Å². The standard InChI is InChI=1S/C56H46N4O2/c1-41-23-31-49(32-24-41)59(47-19-11-5-12-20-47)51-35-27-43(28-36-51)55(57-45-15-7-3-8-16-45)53(39-61)54(40-62)56(58-46-17-9-4-10-18-46)44-29-37-52(38-30-44)60(48-21-13-6-14-22-48)50-33-25-42(2)26-34-50/h3-40,57-58H,1-2H3/b55-53-,56-54-. The predicted octanol–water partition coefficient (Wildman–Crippen LogP) is 14.0. The second kappa shape index (κ2) is 19.2. The molecule has 6 heteroatoms. The average molecular weight is 807 g/mol. The van der Waals surface area contributed by atoms with E-state index in [4.69, 9.17) is 0 Å². The van der Waals surface area contributed by atoms with Gasteiger partial charge in [0.1, 0.15) is 0 Å². The summed E-state index contributed by atoms with van der Waals surface area (Å²) in [6.07, 6.45) is 1.53. The van der Waals surface area contributed by atoms with Crippen LogP contribution in [0, 0.1) is 13.8 Å².